The molecule has 0 aliphatic rings. The van der Waals surface area contributed by atoms with E-state index in [2.05, 4.69) is 44.7 Å². The Labute approximate surface area is 87.7 Å². The lowest BCUT2D eigenvalue weighted by Gasteiger charge is -2.08. The monoisotopic (exact) mass is 188 g/mol. The molecular formula is C14H20. The van der Waals surface area contributed by atoms with Crippen LogP contribution < -0.4 is 0 Å². The first-order chi connectivity index (χ1) is 6.63. The summed E-state index contributed by atoms with van der Waals surface area (Å²) in [4.78, 5) is 0. The van der Waals surface area contributed by atoms with E-state index in [1.165, 1.54) is 24.0 Å². The molecule has 0 fully saturated rings. The van der Waals surface area contributed by atoms with Gasteiger partial charge >= 0.3 is 0 Å². The molecule has 0 bridgehead atoms. The summed E-state index contributed by atoms with van der Waals surface area (Å²) in [6, 6.07) is 8.77. The van der Waals surface area contributed by atoms with Crippen LogP contribution in [-0.2, 0) is 6.42 Å². The smallest absolute Gasteiger partial charge is 0.0233 e. The van der Waals surface area contributed by atoms with Crippen molar-refractivity contribution in [2.24, 2.45) is 5.92 Å². The van der Waals surface area contributed by atoms with E-state index in [9.17, 15) is 0 Å². The van der Waals surface area contributed by atoms with Crippen LogP contribution in [0.15, 0.2) is 30.8 Å². The Morgan fingerprint density at radius 1 is 1.29 bits per heavy atom. The van der Waals surface area contributed by atoms with E-state index in [-0.39, 0.29) is 0 Å². The second-order valence-electron chi connectivity index (χ2n) is 4.19. The standard InChI is InChI=1S/C14H20/c1-5-12(4)10-13-6-8-14(9-7-13)11(2)3/h6-9,12H,2,5,10H2,1,3-4H3. The molecule has 0 spiro atoms. The SMILES string of the molecule is C=C(C)c1ccc(CC(C)CC)cc1. The maximum Gasteiger partial charge on any atom is -0.0233 e. The van der Waals surface area contributed by atoms with Crippen LogP contribution in [0.5, 0.6) is 0 Å². The van der Waals surface area contributed by atoms with Gasteiger partial charge in [0, 0.05) is 0 Å². The van der Waals surface area contributed by atoms with Gasteiger partial charge in [-0.3, -0.25) is 0 Å². The lowest BCUT2D eigenvalue weighted by Crippen LogP contribution is -1.97. The molecule has 14 heavy (non-hydrogen) atoms. The van der Waals surface area contributed by atoms with E-state index in [1.807, 2.05) is 6.92 Å². The highest BCUT2D eigenvalue weighted by molar-refractivity contribution is 5.61. The van der Waals surface area contributed by atoms with Gasteiger partial charge in [-0.2, -0.15) is 0 Å². The third-order valence-corrected chi connectivity index (χ3v) is 2.73. The molecule has 0 aliphatic carbocycles. The molecule has 1 unspecified atom stereocenters. The first kappa shape index (κ1) is 11.0. The van der Waals surface area contributed by atoms with Gasteiger partial charge in [-0.05, 0) is 30.4 Å². The second kappa shape index (κ2) is 4.99. The van der Waals surface area contributed by atoms with Crippen molar-refractivity contribution in [2.75, 3.05) is 0 Å². The third-order valence-electron chi connectivity index (χ3n) is 2.73. The Hall–Kier alpha value is -1.04. The zero-order valence-electron chi connectivity index (χ0n) is 9.51. The van der Waals surface area contributed by atoms with Crippen molar-refractivity contribution in [1.29, 1.82) is 0 Å². The van der Waals surface area contributed by atoms with Gasteiger partial charge in [0.15, 0.2) is 0 Å². The maximum absolute atomic E-state index is 3.93. The lowest BCUT2D eigenvalue weighted by atomic mass is 9.97. The van der Waals surface area contributed by atoms with Crippen LogP contribution in [0, 0.1) is 5.92 Å². The minimum absolute atomic E-state index is 0.783. The average molecular weight is 188 g/mol. The summed E-state index contributed by atoms with van der Waals surface area (Å²) in [5.41, 5.74) is 3.82. The van der Waals surface area contributed by atoms with Crippen molar-refractivity contribution in [3.05, 3.63) is 42.0 Å². The fraction of sp³-hybridized carbons (Fsp3) is 0.429. The second-order valence-corrected chi connectivity index (χ2v) is 4.19. The highest BCUT2D eigenvalue weighted by atomic mass is 14.1. The van der Waals surface area contributed by atoms with Gasteiger partial charge in [-0.1, -0.05) is 56.7 Å². The van der Waals surface area contributed by atoms with E-state index >= 15 is 0 Å². The summed E-state index contributed by atoms with van der Waals surface area (Å²) in [5.74, 6) is 0.783. The molecule has 1 atom stereocenters. The van der Waals surface area contributed by atoms with Crippen LogP contribution >= 0.6 is 0 Å². The summed E-state index contributed by atoms with van der Waals surface area (Å²) in [7, 11) is 0. The van der Waals surface area contributed by atoms with Gasteiger partial charge in [-0.15, -0.1) is 0 Å². The Morgan fingerprint density at radius 2 is 1.86 bits per heavy atom. The van der Waals surface area contributed by atoms with Gasteiger partial charge in [-0.25, -0.2) is 0 Å². The molecule has 76 valence electrons. The van der Waals surface area contributed by atoms with Crippen LogP contribution in [-0.4, -0.2) is 0 Å². The Kier molecular flexibility index (Phi) is 3.94. The normalized spacial score (nSPS) is 12.5. The predicted octanol–water partition coefficient (Wildman–Crippen LogP) is 4.31. The maximum atomic E-state index is 3.93. The molecule has 1 aromatic rings. The van der Waals surface area contributed by atoms with Gasteiger partial charge < -0.3 is 0 Å². The van der Waals surface area contributed by atoms with E-state index in [0.717, 1.165) is 11.5 Å². The minimum atomic E-state index is 0.783. The third kappa shape index (κ3) is 3.02. The zero-order valence-corrected chi connectivity index (χ0v) is 9.51. The summed E-state index contributed by atoms with van der Waals surface area (Å²) >= 11 is 0. The molecule has 0 aliphatic heterocycles. The molecule has 0 radical (unpaired) electrons. The van der Waals surface area contributed by atoms with Crippen LogP contribution in [0.2, 0.25) is 0 Å². The van der Waals surface area contributed by atoms with Crippen molar-refractivity contribution in [3.8, 4) is 0 Å². The lowest BCUT2D eigenvalue weighted by molar-refractivity contribution is 0.560. The topological polar surface area (TPSA) is 0 Å². The highest BCUT2D eigenvalue weighted by Gasteiger charge is 2.00. The van der Waals surface area contributed by atoms with Gasteiger partial charge in [0.2, 0.25) is 0 Å². The van der Waals surface area contributed by atoms with E-state index in [4.69, 9.17) is 0 Å². The average Bonchev–Trinajstić information content (AvgIpc) is 2.18. The molecule has 0 N–H and O–H groups in total. The predicted molar refractivity (Wildman–Crippen MR) is 64.3 cm³/mol. The van der Waals surface area contributed by atoms with E-state index in [1.54, 1.807) is 0 Å². The summed E-state index contributed by atoms with van der Waals surface area (Å²) in [6.45, 7) is 10.5. The van der Waals surface area contributed by atoms with E-state index in [0.29, 0.717) is 0 Å². The van der Waals surface area contributed by atoms with Crippen molar-refractivity contribution in [3.63, 3.8) is 0 Å². The summed E-state index contributed by atoms with van der Waals surface area (Å²) < 4.78 is 0. The molecule has 0 amide bonds. The molecule has 0 heteroatoms. The summed E-state index contributed by atoms with van der Waals surface area (Å²) in [6.07, 6.45) is 2.44. The molecule has 0 aromatic heterocycles. The molecule has 1 aromatic carbocycles. The first-order valence-corrected chi connectivity index (χ1v) is 5.38. The van der Waals surface area contributed by atoms with Gasteiger partial charge in [0.25, 0.3) is 0 Å². The van der Waals surface area contributed by atoms with Crippen molar-refractivity contribution >= 4 is 5.57 Å². The first-order valence-electron chi connectivity index (χ1n) is 5.38. The Morgan fingerprint density at radius 3 is 2.29 bits per heavy atom. The number of hydrogen-bond donors (Lipinski definition) is 0. The molecule has 0 saturated heterocycles. The molecule has 0 heterocycles. The largest absolute Gasteiger partial charge is 0.0955 e. The van der Waals surface area contributed by atoms with Crippen molar-refractivity contribution in [1.82, 2.24) is 0 Å². The van der Waals surface area contributed by atoms with Gasteiger partial charge in [0.05, 0.1) is 0 Å². The van der Waals surface area contributed by atoms with Crippen LogP contribution in [0.1, 0.15) is 38.3 Å². The Bertz CT molecular complexity index is 292. The van der Waals surface area contributed by atoms with Gasteiger partial charge in [0.1, 0.15) is 0 Å². The minimum Gasteiger partial charge on any atom is -0.0955 e. The van der Waals surface area contributed by atoms with Crippen LogP contribution in [0.25, 0.3) is 5.57 Å². The molecular weight excluding hydrogens is 168 g/mol. The Balaban J connectivity index is 2.68. The van der Waals surface area contributed by atoms with E-state index < -0.39 is 0 Å². The number of rotatable bonds is 4. The zero-order chi connectivity index (χ0) is 10.6. The fourth-order valence-corrected chi connectivity index (χ4v) is 1.47. The summed E-state index contributed by atoms with van der Waals surface area (Å²) in [5, 5.41) is 0. The number of allylic oxidation sites excluding steroid dienone is 1. The van der Waals surface area contributed by atoms with Crippen molar-refractivity contribution in [2.45, 2.75) is 33.6 Å². The number of hydrogen-bond acceptors (Lipinski definition) is 0. The van der Waals surface area contributed by atoms with Crippen molar-refractivity contribution < 1.29 is 0 Å². The highest BCUT2D eigenvalue weighted by Crippen LogP contribution is 2.15. The quantitative estimate of drug-likeness (QED) is 0.660. The molecule has 1 rings (SSSR count). The van der Waals surface area contributed by atoms with Crippen LogP contribution in [0.3, 0.4) is 0 Å². The molecule has 0 nitrogen and oxygen atoms in total. The van der Waals surface area contributed by atoms with Crippen LogP contribution in [0.4, 0.5) is 0 Å². The number of benzene rings is 1. The molecule has 0 saturated carbocycles. The fourth-order valence-electron chi connectivity index (χ4n) is 1.47.